The Balaban J connectivity index is 2.20. The highest BCUT2D eigenvalue weighted by atomic mass is 79.9. The number of methoxy groups -OCH3 is 1. The van der Waals surface area contributed by atoms with Gasteiger partial charge in [0.15, 0.2) is 0 Å². The summed E-state index contributed by atoms with van der Waals surface area (Å²) < 4.78 is 11.5. The number of hydrogen-bond acceptors (Lipinski definition) is 3. The molecule has 2 aromatic carbocycles. The van der Waals surface area contributed by atoms with Gasteiger partial charge >= 0.3 is 0 Å². The maximum absolute atomic E-state index is 12.4. The Kier molecular flexibility index (Phi) is 5.98. The van der Waals surface area contributed by atoms with Crippen molar-refractivity contribution in [2.75, 3.05) is 19.0 Å². The van der Waals surface area contributed by atoms with Crippen LogP contribution in [0.3, 0.4) is 0 Å². The molecule has 0 bridgehead atoms. The van der Waals surface area contributed by atoms with E-state index in [-0.39, 0.29) is 5.91 Å². The highest BCUT2D eigenvalue weighted by molar-refractivity contribution is 9.10. The summed E-state index contributed by atoms with van der Waals surface area (Å²) in [5.74, 6) is 0.540. The average Bonchev–Trinajstić information content (AvgIpc) is 2.54. The van der Waals surface area contributed by atoms with E-state index in [4.69, 9.17) is 9.47 Å². The molecule has 2 aromatic rings. The summed E-state index contributed by atoms with van der Waals surface area (Å²) in [4.78, 5) is 12.4. The van der Waals surface area contributed by atoms with Gasteiger partial charge in [0, 0.05) is 22.2 Å². The minimum absolute atomic E-state index is 0.174. The number of nitrogens with one attached hydrogen (secondary N) is 1. The SMILES string of the molecule is CCOCc1cc(C(=O)Nc2ccccc2Br)ccc1OC. The quantitative estimate of drug-likeness (QED) is 0.834. The van der Waals surface area contributed by atoms with Gasteiger partial charge in [0.05, 0.1) is 19.4 Å². The molecule has 0 aliphatic rings. The number of ether oxygens (including phenoxy) is 2. The van der Waals surface area contributed by atoms with Crippen LogP contribution in [0.4, 0.5) is 5.69 Å². The summed E-state index contributed by atoms with van der Waals surface area (Å²) in [6.45, 7) is 2.95. The van der Waals surface area contributed by atoms with Gasteiger partial charge in [0.25, 0.3) is 5.91 Å². The molecule has 0 heterocycles. The van der Waals surface area contributed by atoms with E-state index in [1.54, 1.807) is 25.3 Å². The molecule has 0 saturated heterocycles. The smallest absolute Gasteiger partial charge is 0.255 e. The third-order valence-corrected chi connectivity index (χ3v) is 3.82. The number of amides is 1. The van der Waals surface area contributed by atoms with E-state index >= 15 is 0 Å². The summed E-state index contributed by atoms with van der Waals surface area (Å²) in [5.41, 5.74) is 2.14. The molecule has 1 amide bonds. The fourth-order valence-electron chi connectivity index (χ4n) is 2.00. The van der Waals surface area contributed by atoms with Crippen molar-refractivity contribution < 1.29 is 14.3 Å². The lowest BCUT2D eigenvalue weighted by Crippen LogP contribution is -2.13. The molecular formula is C17H18BrNO3. The Labute approximate surface area is 138 Å². The Hall–Kier alpha value is -1.85. The fourth-order valence-corrected chi connectivity index (χ4v) is 2.39. The van der Waals surface area contributed by atoms with Crippen LogP contribution < -0.4 is 10.1 Å². The molecule has 2 rings (SSSR count). The Morgan fingerprint density at radius 3 is 2.68 bits per heavy atom. The predicted molar refractivity (Wildman–Crippen MR) is 90.4 cm³/mol. The van der Waals surface area contributed by atoms with Crippen molar-refractivity contribution in [3.05, 3.63) is 58.1 Å². The average molecular weight is 364 g/mol. The Morgan fingerprint density at radius 1 is 1.23 bits per heavy atom. The minimum Gasteiger partial charge on any atom is -0.496 e. The first-order valence-corrected chi connectivity index (χ1v) is 7.75. The summed E-state index contributed by atoms with van der Waals surface area (Å²) in [5, 5.41) is 2.88. The second-order valence-corrected chi connectivity index (χ2v) is 5.45. The molecule has 116 valence electrons. The summed E-state index contributed by atoms with van der Waals surface area (Å²) in [7, 11) is 1.60. The van der Waals surface area contributed by atoms with Gasteiger partial charge in [-0.15, -0.1) is 0 Å². The van der Waals surface area contributed by atoms with Gasteiger partial charge < -0.3 is 14.8 Å². The first kappa shape index (κ1) is 16.5. The van der Waals surface area contributed by atoms with E-state index in [2.05, 4.69) is 21.2 Å². The number of carbonyl (C=O) groups is 1. The number of anilines is 1. The van der Waals surface area contributed by atoms with Crippen molar-refractivity contribution in [1.29, 1.82) is 0 Å². The third-order valence-electron chi connectivity index (χ3n) is 3.13. The van der Waals surface area contributed by atoms with Crippen molar-refractivity contribution in [2.24, 2.45) is 0 Å². The maximum Gasteiger partial charge on any atom is 0.255 e. The first-order valence-electron chi connectivity index (χ1n) is 6.96. The second kappa shape index (κ2) is 7.96. The van der Waals surface area contributed by atoms with Gasteiger partial charge in [-0.3, -0.25) is 4.79 Å². The van der Waals surface area contributed by atoms with Gasteiger partial charge in [0.2, 0.25) is 0 Å². The molecule has 0 saturated carbocycles. The Bertz CT molecular complexity index is 658. The Morgan fingerprint density at radius 2 is 2.00 bits per heavy atom. The van der Waals surface area contributed by atoms with Crippen LogP contribution in [-0.2, 0) is 11.3 Å². The topological polar surface area (TPSA) is 47.6 Å². The molecule has 0 aliphatic carbocycles. The van der Waals surface area contributed by atoms with E-state index in [1.165, 1.54) is 0 Å². The second-order valence-electron chi connectivity index (χ2n) is 4.60. The van der Waals surface area contributed by atoms with E-state index in [9.17, 15) is 4.79 Å². The molecule has 0 aromatic heterocycles. The normalized spacial score (nSPS) is 10.3. The van der Waals surface area contributed by atoms with Crippen LogP contribution in [0.15, 0.2) is 46.9 Å². The van der Waals surface area contributed by atoms with Crippen LogP contribution in [0.5, 0.6) is 5.75 Å². The zero-order valence-electron chi connectivity index (χ0n) is 12.6. The minimum atomic E-state index is -0.174. The number of hydrogen-bond donors (Lipinski definition) is 1. The molecule has 0 radical (unpaired) electrons. The lowest BCUT2D eigenvalue weighted by Gasteiger charge is -2.12. The van der Waals surface area contributed by atoms with Gasteiger partial charge in [-0.25, -0.2) is 0 Å². The van der Waals surface area contributed by atoms with Crippen LogP contribution in [0.25, 0.3) is 0 Å². The van der Waals surface area contributed by atoms with Crippen molar-refractivity contribution in [3.63, 3.8) is 0 Å². The number of halogens is 1. The molecule has 0 fully saturated rings. The monoisotopic (exact) mass is 363 g/mol. The standard InChI is InChI=1S/C17H18BrNO3/c1-3-22-11-13-10-12(8-9-16(13)21-2)17(20)19-15-7-5-4-6-14(15)18/h4-10H,3,11H2,1-2H3,(H,19,20). The molecular weight excluding hydrogens is 346 g/mol. The molecule has 5 heteroatoms. The van der Waals surface area contributed by atoms with E-state index in [0.717, 1.165) is 15.7 Å². The van der Waals surface area contributed by atoms with Crippen LogP contribution >= 0.6 is 15.9 Å². The number of benzene rings is 2. The van der Waals surface area contributed by atoms with E-state index in [1.807, 2.05) is 31.2 Å². The highest BCUT2D eigenvalue weighted by Gasteiger charge is 2.11. The van der Waals surface area contributed by atoms with E-state index < -0.39 is 0 Å². The first-order chi connectivity index (χ1) is 10.7. The van der Waals surface area contributed by atoms with E-state index in [0.29, 0.717) is 24.5 Å². The van der Waals surface area contributed by atoms with Gasteiger partial charge in [-0.1, -0.05) is 12.1 Å². The van der Waals surface area contributed by atoms with Crippen molar-refractivity contribution in [2.45, 2.75) is 13.5 Å². The van der Waals surface area contributed by atoms with Crippen molar-refractivity contribution >= 4 is 27.5 Å². The zero-order valence-corrected chi connectivity index (χ0v) is 14.1. The maximum atomic E-state index is 12.4. The number of carbonyl (C=O) groups excluding carboxylic acids is 1. The van der Waals surface area contributed by atoms with Crippen molar-refractivity contribution in [1.82, 2.24) is 0 Å². The van der Waals surface area contributed by atoms with Crippen LogP contribution in [0.2, 0.25) is 0 Å². The van der Waals surface area contributed by atoms with Crippen LogP contribution in [-0.4, -0.2) is 19.6 Å². The molecule has 0 unspecified atom stereocenters. The largest absolute Gasteiger partial charge is 0.496 e. The van der Waals surface area contributed by atoms with Gasteiger partial charge in [-0.2, -0.15) is 0 Å². The lowest BCUT2D eigenvalue weighted by molar-refractivity contribution is 0.102. The molecule has 22 heavy (non-hydrogen) atoms. The van der Waals surface area contributed by atoms with Crippen LogP contribution in [0, 0.1) is 0 Å². The molecule has 0 atom stereocenters. The van der Waals surface area contributed by atoms with Gasteiger partial charge in [-0.05, 0) is 53.2 Å². The third kappa shape index (κ3) is 4.08. The summed E-state index contributed by atoms with van der Waals surface area (Å²) in [6, 6.07) is 12.8. The fraction of sp³-hybridized carbons (Fsp3) is 0.235. The summed E-state index contributed by atoms with van der Waals surface area (Å²) in [6.07, 6.45) is 0. The molecule has 0 spiro atoms. The molecule has 1 N–H and O–H groups in total. The van der Waals surface area contributed by atoms with Crippen LogP contribution in [0.1, 0.15) is 22.8 Å². The van der Waals surface area contributed by atoms with Crippen molar-refractivity contribution in [3.8, 4) is 5.75 Å². The molecule has 0 aliphatic heterocycles. The molecule has 4 nitrogen and oxygen atoms in total. The predicted octanol–water partition coefficient (Wildman–Crippen LogP) is 4.25. The summed E-state index contributed by atoms with van der Waals surface area (Å²) >= 11 is 3.41. The lowest BCUT2D eigenvalue weighted by atomic mass is 10.1. The number of para-hydroxylation sites is 1. The van der Waals surface area contributed by atoms with Gasteiger partial charge in [0.1, 0.15) is 5.75 Å². The number of rotatable bonds is 6. The zero-order chi connectivity index (χ0) is 15.9. The highest BCUT2D eigenvalue weighted by Crippen LogP contribution is 2.24.